The van der Waals surface area contributed by atoms with Gasteiger partial charge in [0.25, 0.3) is 0 Å². The van der Waals surface area contributed by atoms with Crippen molar-refractivity contribution in [2.45, 2.75) is 30.6 Å². The quantitative estimate of drug-likeness (QED) is 0.819. The van der Waals surface area contributed by atoms with E-state index in [0.717, 1.165) is 5.82 Å². The molecular weight excluding hydrogens is 208 g/mol. The van der Waals surface area contributed by atoms with Crippen molar-refractivity contribution in [3.8, 4) is 0 Å². The first kappa shape index (κ1) is 10.5. The summed E-state index contributed by atoms with van der Waals surface area (Å²) >= 11 is 1.93. The van der Waals surface area contributed by atoms with Crippen molar-refractivity contribution in [2.75, 3.05) is 17.3 Å². The maximum absolute atomic E-state index is 5.53. The van der Waals surface area contributed by atoms with Crippen molar-refractivity contribution in [3.63, 3.8) is 0 Å². The second kappa shape index (κ2) is 4.70. The summed E-state index contributed by atoms with van der Waals surface area (Å²) in [5, 5.41) is 4.13. The van der Waals surface area contributed by atoms with Gasteiger partial charge in [-0.05, 0) is 25.2 Å². The number of hydrogen-bond acceptors (Lipinski definition) is 5. The van der Waals surface area contributed by atoms with Crippen LogP contribution in [0.1, 0.15) is 19.3 Å². The Morgan fingerprint density at radius 2 is 2.40 bits per heavy atom. The Morgan fingerprint density at radius 3 is 3.13 bits per heavy atom. The second-order valence-corrected chi connectivity index (χ2v) is 4.83. The number of nitrogens with one attached hydrogen (secondary N) is 1. The van der Waals surface area contributed by atoms with Gasteiger partial charge in [0.15, 0.2) is 0 Å². The molecule has 1 aliphatic carbocycles. The van der Waals surface area contributed by atoms with Crippen molar-refractivity contribution >= 4 is 23.5 Å². The SMILES string of the molecule is CSC1CCCC1Nc1ccnc(N)n1. The Balaban J connectivity index is 2.02. The zero-order chi connectivity index (χ0) is 10.7. The van der Waals surface area contributed by atoms with Crippen LogP contribution in [-0.2, 0) is 0 Å². The van der Waals surface area contributed by atoms with E-state index in [4.69, 9.17) is 5.73 Å². The fraction of sp³-hybridized carbons (Fsp3) is 0.600. The molecule has 1 fully saturated rings. The molecule has 3 N–H and O–H groups in total. The van der Waals surface area contributed by atoms with Crippen LogP contribution in [0.15, 0.2) is 12.3 Å². The highest BCUT2D eigenvalue weighted by atomic mass is 32.2. The largest absolute Gasteiger partial charge is 0.368 e. The van der Waals surface area contributed by atoms with Gasteiger partial charge in [-0.1, -0.05) is 6.42 Å². The van der Waals surface area contributed by atoms with Crippen LogP contribution in [0.2, 0.25) is 0 Å². The third kappa shape index (κ3) is 2.53. The highest BCUT2D eigenvalue weighted by Crippen LogP contribution is 2.30. The molecule has 82 valence electrons. The summed E-state index contributed by atoms with van der Waals surface area (Å²) in [6, 6.07) is 2.39. The maximum Gasteiger partial charge on any atom is 0.221 e. The van der Waals surface area contributed by atoms with Crippen molar-refractivity contribution in [1.82, 2.24) is 9.97 Å². The molecule has 5 heteroatoms. The van der Waals surface area contributed by atoms with E-state index in [1.54, 1.807) is 6.20 Å². The number of nitrogens with two attached hydrogens (primary N) is 1. The van der Waals surface area contributed by atoms with E-state index in [1.165, 1.54) is 19.3 Å². The molecule has 0 bridgehead atoms. The summed E-state index contributed by atoms with van der Waals surface area (Å²) in [7, 11) is 0. The Labute approximate surface area is 94.1 Å². The van der Waals surface area contributed by atoms with Crippen molar-refractivity contribution in [3.05, 3.63) is 12.3 Å². The molecule has 2 rings (SSSR count). The van der Waals surface area contributed by atoms with Crippen LogP contribution < -0.4 is 11.1 Å². The molecule has 2 unspecified atom stereocenters. The van der Waals surface area contributed by atoms with E-state index in [2.05, 4.69) is 21.5 Å². The summed E-state index contributed by atoms with van der Waals surface area (Å²) in [5.74, 6) is 1.17. The first-order chi connectivity index (χ1) is 7.29. The minimum Gasteiger partial charge on any atom is -0.368 e. The van der Waals surface area contributed by atoms with E-state index in [1.807, 2.05) is 17.8 Å². The third-order valence-electron chi connectivity index (χ3n) is 2.76. The second-order valence-electron chi connectivity index (χ2n) is 3.76. The zero-order valence-corrected chi connectivity index (χ0v) is 9.63. The molecule has 1 heterocycles. The van der Waals surface area contributed by atoms with Crippen LogP contribution in [0.4, 0.5) is 11.8 Å². The predicted octanol–water partition coefficient (Wildman–Crippen LogP) is 1.75. The minimum absolute atomic E-state index is 0.332. The normalized spacial score (nSPS) is 25.4. The first-order valence-electron chi connectivity index (χ1n) is 5.17. The van der Waals surface area contributed by atoms with E-state index in [-0.39, 0.29) is 0 Å². The summed E-state index contributed by atoms with van der Waals surface area (Å²) in [4.78, 5) is 8.03. The molecule has 1 aromatic rings. The Kier molecular flexibility index (Phi) is 3.30. The van der Waals surface area contributed by atoms with Crippen LogP contribution in [-0.4, -0.2) is 27.5 Å². The lowest BCUT2D eigenvalue weighted by molar-refractivity contribution is 0.763. The van der Waals surface area contributed by atoms with Gasteiger partial charge < -0.3 is 11.1 Å². The van der Waals surface area contributed by atoms with Gasteiger partial charge in [0.05, 0.1) is 0 Å². The maximum atomic E-state index is 5.53. The molecule has 0 amide bonds. The highest BCUT2D eigenvalue weighted by molar-refractivity contribution is 7.99. The highest BCUT2D eigenvalue weighted by Gasteiger charge is 2.26. The number of nitrogen functional groups attached to an aromatic ring is 1. The fourth-order valence-electron chi connectivity index (χ4n) is 2.02. The number of anilines is 2. The Morgan fingerprint density at radius 1 is 1.53 bits per heavy atom. The van der Waals surface area contributed by atoms with Gasteiger partial charge in [-0.3, -0.25) is 0 Å². The van der Waals surface area contributed by atoms with Gasteiger partial charge in [-0.25, -0.2) is 4.98 Å². The Hall–Kier alpha value is -0.970. The molecule has 15 heavy (non-hydrogen) atoms. The van der Waals surface area contributed by atoms with Crippen LogP contribution in [0.25, 0.3) is 0 Å². The summed E-state index contributed by atoms with van der Waals surface area (Å²) < 4.78 is 0. The lowest BCUT2D eigenvalue weighted by Crippen LogP contribution is -2.26. The van der Waals surface area contributed by atoms with E-state index < -0.39 is 0 Å². The average molecular weight is 224 g/mol. The minimum atomic E-state index is 0.332. The van der Waals surface area contributed by atoms with Gasteiger partial charge >= 0.3 is 0 Å². The number of rotatable bonds is 3. The molecule has 1 saturated carbocycles. The van der Waals surface area contributed by atoms with Crippen LogP contribution in [0.5, 0.6) is 0 Å². The van der Waals surface area contributed by atoms with E-state index in [9.17, 15) is 0 Å². The number of aromatic nitrogens is 2. The summed E-state index contributed by atoms with van der Waals surface area (Å²) in [5.41, 5.74) is 5.53. The average Bonchev–Trinajstić information content (AvgIpc) is 2.65. The van der Waals surface area contributed by atoms with Gasteiger partial charge in [-0.2, -0.15) is 16.7 Å². The predicted molar refractivity (Wildman–Crippen MR) is 65.0 cm³/mol. The molecule has 4 nitrogen and oxygen atoms in total. The van der Waals surface area contributed by atoms with Crippen LogP contribution in [0, 0.1) is 0 Å². The standard InChI is InChI=1S/C10H16N4S/c1-15-8-4-2-3-7(8)13-9-5-6-12-10(11)14-9/h5-8H,2-4H2,1H3,(H3,11,12,13,14). The number of nitrogens with zero attached hydrogens (tertiary/aromatic N) is 2. The van der Waals surface area contributed by atoms with Gasteiger partial charge in [-0.15, -0.1) is 0 Å². The van der Waals surface area contributed by atoms with Gasteiger partial charge in [0, 0.05) is 17.5 Å². The zero-order valence-electron chi connectivity index (χ0n) is 8.81. The molecule has 2 atom stereocenters. The molecule has 0 radical (unpaired) electrons. The molecule has 1 aliphatic rings. The molecule has 0 saturated heterocycles. The molecule has 0 aromatic carbocycles. The third-order valence-corrected chi connectivity index (χ3v) is 3.93. The first-order valence-corrected chi connectivity index (χ1v) is 6.46. The molecular formula is C10H16N4S. The van der Waals surface area contributed by atoms with Crippen molar-refractivity contribution < 1.29 is 0 Å². The van der Waals surface area contributed by atoms with Crippen LogP contribution >= 0.6 is 11.8 Å². The van der Waals surface area contributed by atoms with Crippen molar-refractivity contribution in [2.24, 2.45) is 0 Å². The molecule has 1 aromatic heterocycles. The fourth-order valence-corrected chi connectivity index (χ4v) is 2.95. The monoisotopic (exact) mass is 224 g/mol. The lowest BCUT2D eigenvalue weighted by atomic mass is 10.2. The molecule has 0 aliphatic heterocycles. The summed E-state index contributed by atoms with van der Waals surface area (Å²) in [6.45, 7) is 0. The topological polar surface area (TPSA) is 63.8 Å². The van der Waals surface area contributed by atoms with E-state index in [0.29, 0.717) is 17.2 Å². The lowest BCUT2D eigenvalue weighted by Gasteiger charge is -2.19. The number of hydrogen-bond donors (Lipinski definition) is 2. The number of thioether (sulfide) groups is 1. The van der Waals surface area contributed by atoms with E-state index >= 15 is 0 Å². The van der Waals surface area contributed by atoms with Gasteiger partial charge in [0.2, 0.25) is 5.95 Å². The summed E-state index contributed by atoms with van der Waals surface area (Å²) in [6.07, 6.45) is 7.66. The molecule has 0 spiro atoms. The Bertz CT molecular complexity index is 331. The van der Waals surface area contributed by atoms with Crippen molar-refractivity contribution in [1.29, 1.82) is 0 Å². The smallest absolute Gasteiger partial charge is 0.221 e. The van der Waals surface area contributed by atoms with Crippen LogP contribution in [0.3, 0.4) is 0 Å². The van der Waals surface area contributed by atoms with Gasteiger partial charge in [0.1, 0.15) is 5.82 Å².